The summed E-state index contributed by atoms with van der Waals surface area (Å²) in [5, 5.41) is 9.39. The SMILES string of the molecule is O=C(O)C1=C(SCCc2nc(-c3ccccc3)c[nH]2)C(=O)C2CCN12. The Morgan fingerprint density at radius 3 is 2.84 bits per heavy atom. The summed E-state index contributed by atoms with van der Waals surface area (Å²) in [6.45, 7) is 0.653. The number of ketones is 1. The number of imidazole rings is 1. The van der Waals surface area contributed by atoms with Crippen molar-refractivity contribution in [1.29, 1.82) is 0 Å². The number of fused-ring (bicyclic) bond motifs is 1. The van der Waals surface area contributed by atoms with E-state index in [-0.39, 0.29) is 17.5 Å². The minimum Gasteiger partial charge on any atom is -0.477 e. The predicted octanol–water partition coefficient (Wildman–Crippen LogP) is 2.31. The molecule has 2 N–H and O–H groups in total. The number of thioether (sulfide) groups is 1. The first-order valence-corrected chi connectivity index (χ1v) is 9.14. The number of hydrogen-bond donors (Lipinski definition) is 2. The van der Waals surface area contributed by atoms with E-state index in [0.717, 1.165) is 23.5 Å². The number of rotatable bonds is 6. The predicted molar refractivity (Wildman–Crippen MR) is 95.0 cm³/mol. The molecule has 0 aliphatic carbocycles. The average molecular weight is 355 g/mol. The Morgan fingerprint density at radius 2 is 2.16 bits per heavy atom. The molecule has 1 aromatic carbocycles. The highest BCUT2D eigenvalue weighted by Gasteiger charge is 2.47. The number of aliphatic carboxylic acids is 1. The minimum absolute atomic E-state index is 0.0435. The normalized spacial score (nSPS) is 19.1. The van der Waals surface area contributed by atoms with Gasteiger partial charge >= 0.3 is 5.97 Å². The number of carbonyl (C=O) groups excluding carboxylic acids is 1. The molecule has 1 atom stereocenters. The van der Waals surface area contributed by atoms with E-state index < -0.39 is 5.97 Å². The number of nitrogens with one attached hydrogen (secondary N) is 1. The first-order chi connectivity index (χ1) is 12.1. The third-order valence-electron chi connectivity index (χ3n) is 4.54. The van der Waals surface area contributed by atoms with Gasteiger partial charge in [-0.25, -0.2) is 9.78 Å². The first-order valence-electron chi connectivity index (χ1n) is 8.16. The number of aryl methyl sites for hydroxylation is 1. The maximum absolute atomic E-state index is 12.3. The maximum Gasteiger partial charge on any atom is 0.353 e. The van der Waals surface area contributed by atoms with E-state index in [1.165, 1.54) is 11.8 Å². The van der Waals surface area contributed by atoms with Crippen molar-refractivity contribution in [3.8, 4) is 11.3 Å². The molecule has 0 radical (unpaired) electrons. The van der Waals surface area contributed by atoms with Gasteiger partial charge < -0.3 is 15.0 Å². The second-order valence-electron chi connectivity index (χ2n) is 6.04. The largest absolute Gasteiger partial charge is 0.477 e. The molecule has 0 bridgehead atoms. The van der Waals surface area contributed by atoms with E-state index in [1.54, 1.807) is 4.90 Å². The second-order valence-corrected chi connectivity index (χ2v) is 7.15. The summed E-state index contributed by atoms with van der Waals surface area (Å²) >= 11 is 1.32. The Morgan fingerprint density at radius 1 is 1.36 bits per heavy atom. The van der Waals surface area contributed by atoms with Crippen molar-refractivity contribution in [3.63, 3.8) is 0 Å². The van der Waals surface area contributed by atoms with E-state index >= 15 is 0 Å². The van der Waals surface area contributed by atoms with E-state index in [1.807, 2.05) is 36.5 Å². The van der Waals surface area contributed by atoms with Crippen LogP contribution < -0.4 is 0 Å². The van der Waals surface area contributed by atoms with Crippen LogP contribution in [0.2, 0.25) is 0 Å². The van der Waals surface area contributed by atoms with Gasteiger partial charge in [0.15, 0.2) is 5.78 Å². The maximum atomic E-state index is 12.3. The van der Waals surface area contributed by atoms with Crippen LogP contribution in [0.25, 0.3) is 11.3 Å². The van der Waals surface area contributed by atoms with Crippen molar-refractivity contribution < 1.29 is 14.7 Å². The summed E-state index contributed by atoms with van der Waals surface area (Å²) in [5.41, 5.74) is 2.10. The van der Waals surface area contributed by atoms with Gasteiger partial charge in [0.05, 0.1) is 16.6 Å². The van der Waals surface area contributed by atoms with Gasteiger partial charge in [-0.15, -0.1) is 11.8 Å². The molecule has 2 aromatic rings. The molecule has 1 fully saturated rings. The number of carbonyl (C=O) groups is 2. The van der Waals surface area contributed by atoms with Crippen molar-refractivity contribution in [2.24, 2.45) is 0 Å². The Kier molecular flexibility index (Phi) is 4.09. The van der Waals surface area contributed by atoms with E-state index in [2.05, 4.69) is 9.97 Å². The molecule has 0 saturated carbocycles. The molecule has 25 heavy (non-hydrogen) atoms. The van der Waals surface area contributed by atoms with Gasteiger partial charge in [0, 0.05) is 30.5 Å². The summed E-state index contributed by atoms with van der Waals surface area (Å²) in [7, 11) is 0. The summed E-state index contributed by atoms with van der Waals surface area (Å²) in [6.07, 6.45) is 3.26. The van der Waals surface area contributed by atoms with Crippen LogP contribution in [-0.2, 0) is 16.0 Å². The molecule has 3 heterocycles. The van der Waals surface area contributed by atoms with Crippen molar-refractivity contribution >= 4 is 23.5 Å². The Hall–Kier alpha value is -2.54. The Balaban J connectivity index is 1.42. The second kappa shape index (κ2) is 6.40. The summed E-state index contributed by atoms with van der Waals surface area (Å²) in [5.74, 6) is 0.387. The third kappa shape index (κ3) is 2.84. The van der Waals surface area contributed by atoms with Crippen LogP contribution in [0, 0.1) is 0 Å². The first kappa shape index (κ1) is 16.0. The van der Waals surface area contributed by atoms with Crippen LogP contribution in [0.4, 0.5) is 0 Å². The number of H-pyrrole nitrogens is 1. The molecule has 128 valence electrons. The fraction of sp³-hybridized carbons (Fsp3) is 0.278. The van der Waals surface area contributed by atoms with Gasteiger partial charge in [-0.1, -0.05) is 30.3 Å². The number of Topliss-reactive ketones (excluding diaryl/α,β-unsaturated/α-hetero) is 1. The minimum atomic E-state index is -1.01. The lowest BCUT2D eigenvalue weighted by atomic mass is 10.0. The molecule has 7 heteroatoms. The molecule has 1 aromatic heterocycles. The quantitative estimate of drug-likeness (QED) is 0.827. The number of carboxylic acids is 1. The molecule has 1 saturated heterocycles. The lowest BCUT2D eigenvalue weighted by Gasteiger charge is -2.36. The zero-order chi connectivity index (χ0) is 17.4. The molecule has 0 spiro atoms. The molecule has 6 nitrogen and oxygen atoms in total. The topological polar surface area (TPSA) is 86.3 Å². The van der Waals surface area contributed by atoms with Crippen molar-refractivity contribution in [2.45, 2.75) is 18.9 Å². The smallest absolute Gasteiger partial charge is 0.353 e. The fourth-order valence-corrected chi connectivity index (χ4v) is 4.30. The Labute approximate surface area is 149 Å². The van der Waals surface area contributed by atoms with Gasteiger partial charge in [-0.3, -0.25) is 4.79 Å². The van der Waals surface area contributed by atoms with Crippen LogP contribution in [0.15, 0.2) is 47.1 Å². The van der Waals surface area contributed by atoms with E-state index in [0.29, 0.717) is 23.6 Å². The fourth-order valence-electron chi connectivity index (χ4n) is 3.18. The number of nitrogens with zero attached hydrogens (tertiary/aromatic N) is 2. The van der Waals surface area contributed by atoms with Crippen LogP contribution in [0.5, 0.6) is 0 Å². The molecular formula is C18H17N3O3S. The lowest BCUT2D eigenvalue weighted by Crippen LogP contribution is -2.47. The van der Waals surface area contributed by atoms with Gasteiger partial charge in [-0.05, 0) is 6.42 Å². The zero-order valence-electron chi connectivity index (χ0n) is 13.4. The van der Waals surface area contributed by atoms with E-state index in [4.69, 9.17) is 0 Å². The molecule has 4 rings (SSSR count). The monoisotopic (exact) mass is 355 g/mol. The molecule has 0 amide bonds. The van der Waals surface area contributed by atoms with Crippen LogP contribution in [0.3, 0.4) is 0 Å². The molecule has 1 unspecified atom stereocenters. The van der Waals surface area contributed by atoms with Gasteiger partial charge in [0.2, 0.25) is 0 Å². The highest BCUT2D eigenvalue weighted by molar-refractivity contribution is 8.04. The molecule has 2 aliphatic heterocycles. The number of carboxylic acid groups (broad SMARTS) is 1. The van der Waals surface area contributed by atoms with Crippen molar-refractivity contribution in [1.82, 2.24) is 14.9 Å². The number of aromatic amines is 1. The number of aromatic nitrogens is 2. The van der Waals surface area contributed by atoms with Gasteiger partial charge in [0.25, 0.3) is 0 Å². The highest BCUT2D eigenvalue weighted by Crippen LogP contribution is 2.39. The molecule has 2 aliphatic rings. The van der Waals surface area contributed by atoms with Gasteiger partial charge in [0.1, 0.15) is 11.5 Å². The standard InChI is InChI=1S/C18H17N3O3S/c22-16-13-6-8-21(13)15(18(23)24)17(16)25-9-7-14-19-10-12(20-14)11-4-2-1-3-5-11/h1-5,10,13H,6-9H2,(H,19,20)(H,23,24). The van der Waals surface area contributed by atoms with Crippen molar-refractivity contribution in [3.05, 3.63) is 53.0 Å². The average Bonchev–Trinajstić information content (AvgIpc) is 3.11. The Bertz CT molecular complexity index is 859. The summed E-state index contributed by atoms with van der Waals surface area (Å²) in [6, 6.07) is 9.65. The van der Waals surface area contributed by atoms with E-state index in [9.17, 15) is 14.7 Å². The molecular weight excluding hydrogens is 338 g/mol. The highest BCUT2D eigenvalue weighted by atomic mass is 32.2. The summed E-state index contributed by atoms with van der Waals surface area (Å²) in [4.78, 5) is 33.6. The zero-order valence-corrected chi connectivity index (χ0v) is 14.3. The lowest BCUT2D eigenvalue weighted by molar-refractivity contribution is -0.135. The van der Waals surface area contributed by atoms with Crippen LogP contribution in [-0.4, -0.2) is 50.1 Å². The number of hydrogen-bond acceptors (Lipinski definition) is 5. The number of benzene rings is 1. The van der Waals surface area contributed by atoms with Crippen LogP contribution in [0.1, 0.15) is 12.2 Å². The van der Waals surface area contributed by atoms with Crippen LogP contribution >= 0.6 is 11.8 Å². The summed E-state index contributed by atoms with van der Waals surface area (Å²) < 4.78 is 0. The van der Waals surface area contributed by atoms with Crippen molar-refractivity contribution in [2.75, 3.05) is 12.3 Å². The third-order valence-corrected chi connectivity index (χ3v) is 5.63. The van der Waals surface area contributed by atoms with Gasteiger partial charge in [-0.2, -0.15) is 0 Å².